The third-order valence-corrected chi connectivity index (χ3v) is 6.04. The highest BCUT2D eigenvalue weighted by Gasteiger charge is 2.33. The Kier molecular flexibility index (Phi) is 7.36. The quantitative estimate of drug-likeness (QED) is 0.693. The van der Waals surface area contributed by atoms with Gasteiger partial charge in [-0.1, -0.05) is 23.8 Å². The lowest BCUT2D eigenvalue weighted by Crippen LogP contribution is -2.38. The van der Waals surface area contributed by atoms with E-state index in [0.29, 0.717) is 23.7 Å². The van der Waals surface area contributed by atoms with Crippen LogP contribution in [0.15, 0.2) is 47.4 Å². The van der Waals surface area contributed by atoms with Gasteiger partial charge in [0.1, 0.15) is 5.60 Å². The van der Waals surface area contributed by atoms with Crippen LogP contribution in [0, 0.1) is 6.92 Å². The maximum absolute atomic E-state index is 13.4. The lowest BCUT2D eigenvalue weighted by Gasteiger charge is -2.24. The Bertz CT molecular complexity index is 978. The number of rotatable bonds is 7. The molecule has 8 heteroatoms. The van der Waals surface area contributed by atoms with E-state index in [2.05, 4.69) is 5.32 Å². The predicted octanol–water partition coefficient (Wildman–Crippen LogP) is 4.40. The van der Waals surface area contributed by atoms with Crippen LogP contribution in [0.3, 0.4) is 0 Å². The van der Waals surface area contributed by atoms with Gasteiger partial charge in [-0.2, -0.15) is 0 Å². The first-order valence-corrected chi connectivity index (χ1v) is 11.1. The summed E-state index contributed by atoms with van der Waals surface area (Å²) in [5, 5.41) is 1.13. The summed E-state index contributed by atoms with van der Waals surface area (Å²) in [7, 11) is -2.48. The van der Waals surface area contributed by atoms with E-state index in [1.807, 2.05) is 13.8 Å². The highest BCUT2D eigenvalue weighted by Crippen LogP contribution is 2.34. The molecule has 7 nitrogen and oxygen atoms in total. The van der Waals surface area contributed by atoms with E-state index in [1.165, 1.54) is 19.2 Å². The second kappa shape index (κ2) is 9.38. The van der Waals surface area contributed by atoms with Crippen molar-refractivity contribution in [1.29, 1.82) is 0 Å². The molecule has 164 valence electrons. The van der Waals surface area contributed by atoms with Crippen LogP contribution >= 0.6 is 0 Å². The van der Waals surface area contributed by atoms with Crippen molar-refractivity contribution in [3.05, 3.63) is 53.6 Å². The SMILES string of the molecule is CCOc1cc(C(NC(=O)OC(C)(C)C)S(=O)(=O)c2ccc(C)cc2)ccc1OC. The maximum Gasteiger partial charge on any atom is 0.408 e. The van der Waals surface area contributed by atoms with Gasteiger partial charge in [-0.3, -0.25) is 0 Å². The monoisotopic (exact) mass is 435 g/mol. The van der Waals surface area contributed by atoms with Crippen molar-refractivity contribution in [3.63, 3.8) is 0 Å². The average molecular weight is 436 g/mol. The van der Waals surface area contributed by atoms with Gasteiger partial charge < -0.3 is 19.5 Å². The number of benzene rings is 2. The number of sulfone groups is 1. The van der Waals surface area contributed by atoms with Gasteiger partial charge in [-0.15, -0.1) is 0 Å². The number of nitrogens with one attached hydrogen (secondary N) is 1. The zero-order valence-corrected chi connectivity index (χ0v) is 19.0. The van der Waals surface area contributed by atoms with Crippen LogP contribution in [0.5, 0.6) is 11.5 Å². The minimum absolute atomic E-state index is 0.0861. The van der Waals surface area contributed by atoms with E-state index >= 15 is 0 Å². The molecule has 0 aliphatic carbocycles. The van der Waals surface area contributed by atoms with Gasteiger partial charge in [0.05, 0.1) is 18.6 Å². The summed E-state index contributed by atoms with van der Waals surface area (Å²) in [5.41, 5.74) is 0.470. The summed E-state index contributed by atoms with van der Waals surface area (Å²) >= 11 is 0. The Morgan fingerprint density at radius 3 is 2.23 bits per heavy atom. The highest BCUT2D eigenvalue weighted by atomic mass is 32.2. The molecule has 2 aromatic rings. The van der Waals surface area contributed by atoms with Crippen molar-refractivity contribution in [2.75, 3.05) is 13.7 Å². The molecule has 0 heterocycles. The Labute approximate surface area is 178 Å². The first-order valence-electron chi connectivity index (χ1n) is 9.58. The van der Waals surface area contributed by atoms with Crippen molar-refractivity contribution in [2.45, 2.75) is 50.5 Å². The third kappa shape index (κ3) is 5.89. The minimum Gasteiger partial charge on any atom is -0.493 e. The molecular weight excluding hydrogens is 406 g/mol. The predicted molar refractivity (Wildman–Crippen MR) is 115 cm³/mol. The third-order valence-electron chi connectivity index (χ3n) is 4.10. The summed E-state index contributed by atoms with van der Waals surface area (Å²) in [6.45, 7) is 9.16. The molecule has 0 spiro atoms. The van der Waals surface area contributed by atoms with Gasteiger partial charge >= 0.3 is 6.09 Å². The molecule has 0 aromatic heterocycles. The standard InChI is InChI=1S/C22H29NO6S/c1-7-28-19-14-16(10-13-18(19)27-6)20(23-21(24)29-22(3,4)5)30(25,26)17-11-8-15(2)9-12-17/h8-14,20H,7H2,1-6H3,(H,23,24). The number of carbonyl (C=O) groups excluding carboxylic acids is 1. The normalized spacial score (nSPS) is 12.7. The van der Waals surface area contributed by atoms with Crippen LogP contribution in [0.1, 0.15) is 44.2 Å². The molecule has 0 bridgehead atoms. The highest BCUT2D eigenvalue weighted by molar-refractivity contribution is 7.91. The second-order valence-electron chi connectivity index (χ2n) is 7.73. The van der Waals surface area contributed by atoms with Crippen LogP contribution in [-0.2, 0) is 14.6 Å². The summed E-state index contributed by atoms with van der Waals surface area (Å²) in [5.74, 6) is 0.844. The average Bonchev–Trinajstić information content (AvgIpc) is 2.65. The lowest BCUT2D eigenvalue weighted by atomic mass is 10.2. The van der Waals surface area contributed by atoms with E-state index in [0.717, 1.165) is 5.56 Å². The molecule has 1 N–H and O–H groups in total. The second-order valence-corrected chi connectivity index (χ2v) is 9.76. The van der Waals surface area contributed by atoms with E-state index < -0.39 is 26.9 Å². The Morgan fingerprint density at radius 2 is 1.70 bits per heavy atom. The molecule has 0 radical (unpaired) electrons. The van der Waals surface area contributed by atoms with Crippen molar-refractivity contribution >= 4 is 15.9 Å². The molecule has 0 aliphatic rings. The topological polar surface area (TPSA) is 90.9 Å². The summed E-state index contributed by atoms with van der Waals surface area (Å²) in [4.78, 5) is 12.5. The number of methoxy groups -OCH3 is 1. The number of hydrogen-bond acceptors (Lipinski definition) is 6. The molecule has 2 aromatic carbocycles. The molecule has 30 heavy (non-hydrogen) atoms. The molecule has 2 rings (SSSR count). The van der Waals surface area contributed by atoms with Crippen molar-refractivity contribution in [1.82, 2.24) is 5.32 Å². The van der Waals surface area contributed by atoms with Crippen molar-refractivity contribution in [3.8, 4) is 11.5 Å². The first-order chi connectivity index (χ1) is 14.0. The molecule has 0 saturated carbocycles. The number of ether oxygens (including phenoxy) is 3. The maximum atomic E-state index is 13.4. The van der Waals surface area contributed by atoms with E-state index in [4.69, 9.17) is 14.2 Å². The van der Waals surface area contributed by atoms with Crippen molar-refractivity contribution in [2.24, 2.45) is 0 Å². The molecule has 1 amide bonds. The van der Waals surface area contributed by atoms with Crippen LogP contribution in [0.25, 0.3) is 0 Å². The van der Waals surface area contributed by atoms with Gasteiger partial charge in [-0.25, -0.2) is 13.2 Å². The minimum atomic E-state index is -3.98. The smallest absolute Gasteiger partial charge is 0.408 e. The first kappa shape index (κ1) is 23.5. The van der Waals surface area contributed by atoms with Crippen LogP contribution in [0.2, 0.25) is 0 Å². The fourth-order valence-electron chi connectivity index (χ4n) is 2.74. The number of carbonyl (C=O) groups is 1. The van der Waals surface area contributed by atoms with Gasteiger partial charge in [0.2, 0.25) is 9.84 Å². The number of hydrogen-bond donors (Lipinski definition) is 1. The molecule has 0 saturated heterocycles. The number of alkyl carbamates (subject to hydrolysis) is 1. The fraction of sp³-hybridized carbons (Fsp3) is 0.409. The van der Waals surface area contributed by atoms with Gasteiger partial charge in [0, 0.05) is 0 Å². The molecule has 0 aliphatic heterocycles. The summed E-state index contributed by atoms with van der Waals surface area (Å²) < 4.78 is 43.0. The Hall–Kier alpha value is -2.74. The Balaban J connectivity index is 2.55. The summed E-state index contributed by atoms with van der Waals surface area (Å²) in [6, 6.07) is 11.2. The molecule has 1 unspecified atom stereocenters. The van der Waals surface area contributed by atoms with Crippen LogP contribution in [0.4, 0.5) is 4.79 Å². The van der Waals surface area contributed by atoms with E-state index in [9.17, 15) is 13.2 Å². The van der Waals surface area contributed by atoms with Gasteiger partial charge in [0.25, 0.3) is 0 Å². The molecular formula is C22H29NO6S. The molecule has 0 fully saturated rings. The van der Waals surface area contributed by atoms with Crippen molar-refractivity contribution < 1.29 is 27.4 Å². The lowest BCUT2D eigenvalue weighted by molar-refractivity contribution is 0.0519. The number of amides is 1. The summed E-state index contributed by atoms with van der Waals surface area (Å²) in [6.07, 6.45) is -0.836. The number of aryl methyl sites for hydroxylation is 1. The fourth-order valence-corrected chi connectivity index (χ4v) is 4.29. The van der Waals surface area contributed by atoms with Gasteiger partial charge in [-0.05, 0) is 64.4 Å². The van der Waals surface area contributed by atoms with Crippen LogP contribution < -0.4 is 14.8 Å². The zero-order chi connectivity index (χ0) is 22.5. The van der Waals surface area contributed by atoms with E-state index in [-0.39, 0.29) is 4.90 Å². The molecule has 1 atom stereocenters. The zero-order valence-electron chi connectivity index (χ0n) is 18.2. The van der Waals surface area contributed by atoms with E-state index in [1.54, 1.807) is 51.1 Å². The van der Waals surface area contributed by atoms with Crippen LogP contribution in [-0.4, -0.2) is 33.8 Å². The van der Waals surface area contributed by atoms with Gasteiger partial charge in [0.15, 0.2) is 16.9 Å². The largest absolute Gasteiger partial charge is 0.493 e. The Morgan fingerprint density at radius 1 is 1.07 bits per heavy atom.